The minimum absolute atomic E-state index is 0.406. The Morgan fingerprint density at radius 2 is 2.47 bits per heavy atom. The summed E-state index contributed by atoms with van der Waals surface area (Å²) in [7, 11) is 0. The van der Waals surface area contributed by atoms with E-state index in [0.717, 1.165) is 28.3 Å². The number of hydrogen-bond acceptors (Lipinski definition) is 6. The highest BCUT2D eigenvalue weighted by molar-refractivity contribution is 8.01. The van der Waals surface area contributed by atoms with Crippen LogP contribution in [0.3, 0.4) is 0 Å². The van der Waals surface area contributed by atoms with Crippen molar-refractivity contribution in [1.82, 2.24) is 15.5 Å². The lowest BCUT2D eigenvalue weighted by atomic mass is 10.1. The van der Waals surface area contributed by atoms with Crippen molar-refractivity contribution in [2.45, 2.75) is 43.2 Å². The van der Waals surface area contributed by atoms with E-state index in [1.54, 1.807) is 23.1 Å². The van der Waals surface area contributed by atoms with Crippen molar-refractivity contribution in [2.75, 3.05) is 18.9 Å². The van der Waals surface area contributed by atoms with Crippen molar-refractivity contribution < 1.29 is 4.74 Å². The quantitative estimate of drug-likeness (QED) is 0.635. The van der Waals surface area contributed by atoms with Crippen LogP contribution in [0, 0.1) is 6.92 Å². The van der Waals surface area contributed by atoms with Gasteiger partial charge in [0.1, 0.15) is 5.01 Å². The molecular weight excluding hydrogens is 254 g/mol. The Hall–Kier alpha value is -0.170. The van der Waals surface area contributed by atoms with Crippen molar-refractivity contribution in [3.8, 4) is 0 Å². The number of hydrogen-bond donors (Lipinski definition) is 1. The van der Waals surface area contributed by atoms with E-state index in [-0.39, 0.29) is 0 Å². The molecule has 6 heteroatoms. The number of aryl methyl sites for hydroxylation is 1. The zero-order valence-corrected chi connectivity index (χ0v) is 11.9. The van der Waals surface area contributed by atoms with Crippen molar-refractivity contribution in [1.29, 1.82) is 0 Å². The largest absolute Gasteiger partial charge is 0.377 e. The van der Waals surface area contributed by atoms with Crippen LogP contribution in [0.1, 0.15) is 24.8 Å². The van der Waals surface area contributed by atoms with Gasteiger partial charge >= 0.3 is 0 Å². The van der Waals surface area contributed by atoms with Gasteiger partial charge in [0, 0.05) is 24.9 Å². The topological polar surface area (TPSA) is 47.0 Å². The second kappa shape index (κ2) is 6.68. The van der Waals surface area contributed by atoms with Crippen LogP contribution in [0.2, 0.25) is 0 Å². The highest BCUT2D eigenvalue weighted by Crippen LogP contribution is 2.21. The Morgan fingerprint density at radius 3 is 3.12 bits per heavy atom. The van der Waals surface area contributed by atoms with E-state index in [2.05, 4.69) is 22.4 Å². The fourth-order valence-corrected chi connectivity index (χ4v) is 3.65. The molecule has 0 bridgehead atoms. The molecule has 1 aromatic rings. The summed E-state index contributed by atoms with van der Waals surface area (Å²) < 4.78 is 6.71. The molecule has 0 aromatic carbocycles. The first-order valence-electron chi connectivity index (χ1n) is 6.03. The molecule has 0 spiro atoms. The van der Waals surface area contributed by atoms with Crippen LogP contribution >= 0.6 is 23.1 Å². The van der Waals surface area contributed by atoms with E-state index in [9.17, 15) is 0 Å². The fraction of sp³-hybridized carbons (Fsp3) is 0.818. The number of ether oxygens (including phenoxy) is 1. The van der Waals surface area contributed by atoms with Crippen molar-refractivity contribution >= 4 is 23.1 Å². The van der Waals surface area contributed by atoms with Gasteiger partial charge in [-0.15, -0.1) is 10.2 Å². The molecule has 17 heavy (non-hydrogen) atoms. The Labute approximate surface area is 111 Å². The summed E-state index contributed by atoms with van der Waals surface area (Å²) in [5, 5.41) is 12.6. The molecular formula is C11H19N3OS2. The first kappa shape index (κ1) is 13.3. The molecule has 1 aliphatic rings. The van der Waals surface area contributed by atoms with Crippen LogP contribution in [0.15, 0.2) is 4.34 Å². The van der Waals surface area contributed by atoms with E-state index in [0.29, 0.717) is 12.1 Å². The van der Waals surface area contributed by atoms with Gasteiger partial charge in [0.2, 0.25) is 0 Å². The highest BCUT2D eigenvalue weighted by Gasteiger charge is 2.21. The van der Waals surface area contributed by atoms with Gasteiger partial charge in [-0.1, -0.05) is 23.1 Å². The van der Waals surface area contributed by atoms with E-state index < -0.39 is 0 Å². The third-order valence-electron chi connectivity index (χ3n) is 2.82. The molecule has 0 aliphatic carbocycles. The molecule has 2 heterocycles. The molecule has 0 radical (unpaired) electrons. The first-order valence-corrected chi connectivity index (χ1v) is 7.84. The summed E-state index contributed by atoms with van der Waals surface area (Å²) in [5.74, 6) is 1.03. The summed E-state index contributed by atoms with van der Waals surface area (Å²) >= 11 is 3.43. The molecule has 2 unspecified atom stereocenters. The predicted octanol–water partition coefficient (Wildman–Crippen LogP) is 2.10. The Kier molecular flexibility index (Phi) is 5.21. The monoisotopic (exact) mass is 273 g/mol. The Morgan fingerprint density at radius 1 is 1.59 bits per heavy atom. The molecule has 96 valence electrons. The van der Waals surface area contributed by atoms with Gasteiger partial charge < -0.3 is 10.1 Å². The van der Waals surface area contributed by atoms with Crippen molar-refractivity contribution in [3.63, 3.8) is 0 Å². The maximum atomic E-state index is 5.64. The fourth-order valence-electron chi connectivity index (χ4n) is 1.89. The molecule has 4 nitrogen and oxygen atoms in total. The van der Waals surface area contributed by atoms with E-state index >= 15 is 0 Å². The number of rotatable bonds is 6. The van der Waals surface area contributed by atoms with Crippen LogP contribution in [-0.4, -0.2) is 41.2 Å². The minimum atomic E-state index is 0.406. The van der Waals surface area contributed by atoms with Gasteiger partial charge in [0.25, 0.3) is 0 Å². The predicted molar refractivity (Wildman–Crippen MR) is 71.8 cm³/mol. The van der Waals surface area contributed by atoms with E-state index in [4.69, 9.17) is 4.74 Å². The summed E-state index contributed by atoms with van der Waals surface area (Å²) in [6.07, 6.45) is 2.80. The Balaban J connectivity index is 1.59. The number of nitrogens with zero attached hydrogens (tertiary/aromatic N) is 2. The van der Waals surface area contributed by atoms with Crippen LogP contribution in [0.5, 0.6) is 0 Å². The highest BCUT2D eigenvalue weighted by atomic mass is 32.2. The lowest BCUT2D eigenvalue weighted by molar-refractivity contribution is 0.0844. The smallest absolute Gasteiger partial charge is 0.174 e. The van der Waals surface area contributed by atoms with Crippen LogP contribution in [-0.2, 0) is 4.74 Å². The number of aromatic nitrogens is 2. The van der Waals surface area contributed by atoms with Gasteiger partial charge in [-0.3, -0.25) is 0 Å². The van der Waals surface area contributed by atoms with Crippen LogP contribution in [0.4, 0.5) is 0 Å². The average Bonchev–Trinajstić information content (AvgIpc) is 2.95. The number of nitrogens with one attached hydrogen (secondary N) is 1. The third kappa shape index (κ3) is 4.21. The zero-order valence-electron chi connectivity index (χ0n) is 10.3. The lowest BCUT2D eigenvalue weighted by Gasteiger charge is -2.19. The zero-order chi connectivity index (χ0) is 12.1. The van der Waals surface area contributed by atoms with Gasteiger partial charge in [0.05, 0.1) is 6.10 Å². The average molecular weight is 273 g/mol. The van der Waals surface area contributed by atoms with Gasteiger partial charge in [-0.05, 0) is 26.7 Å². The van der Waals surface area contributed by atoms with E-state index in [1.807, 2.05) is 6.92 Å². The molecule has 1 fully saturated rings. The van der Waals surface area contributed by atoms with Gasteiger partial charge in [-0.2, -0.15) is 0 Å². The third-order valence-corrected chi connectivity index (χ3v) is 4.80. The maximum Gasteiger partial charge on any atom is 0.174 e. The molecule has 1 aliphatic heterocycles. The summed E-state index contributed by atoms with van der Waals surface area (Å²) in [6, 6.07) is 0.453. The van der Waals surface area contributed by atoms with E-state index in [1.165, 1.54) is 12.8 Å². The molecule has 1 aromatic heterocycles. The molecule has 2 atom stereocenters. The standard InChI is InChI=1S/C11H19N3OS2/c1-8(10-4-3-6-15-10)12-5-7-16-11-14-13-9(2)17-11/h8,10,12H,3-7H2,1-2H3. The second-order valence-electron chi connectivity index (χ2n) is 4.23. The summed E-state index contributed by atoms with van der Waals surface area (Å²) in [5.41, 5.74) is 0. The molecule has 0 saturated carbocycles. The Bertz CT molecular complexity index is 339. The molecule has 1 N–H and O–H groups in total. The molecule has 1 saturated heterocycles. The SMILES string of the molecule is Cc1nnc(SCCNC(C)C2CCCO2)s1. The summed E-state index contributed by atoms with van der Waals surface area (Å²) in [6.45, 7) is 6.11. The normalized spacial score (nSPS) is 21.9. The van der Waals surface area contributed by atoms with Gasteiger partial charge in [-0.25, -0.2) is 0 Å². The van der Waals surface area contributed by atoms with Crippen molar-refractivity contribution in [3.05, 3.63) is 5.01 Å². The number of thioether (sulfide) groups is 1. The first-order chi connectivity index (χ1) is 8.25. The van der Waals surface area contributed by atoms with Crippen LogP contribution < -0.4 is 5.32 Å². The minimum Gasteiger partial charge on any atom is -0.377 e. The molecule has 2 rings (SSSR count). The lowest BCUT2D eigenvalue weighted by Crippen LogP contribution is -2.38. The van der Waals surface area contributed by atoms with Crippen LogP contribution in [0.25, 0.3) is 0 Å². The van der Waals surface area contributed by atoms with Gasteiger partial charge in [0.15, 0.2) is 4.34 Å². The molecule has 0 amide bonds. The maximum absolute atomic E-state index is 5.64. The second-order valence-corrected chi connectivity index (χ2v) is 6.75. The van der Waals surface area contributed by atoms with Crippen molar-refractivity contribution in [2.24, 2.45) is 0 Å². The summed E-state index contributed by atoms with van der Waals surface area (Å²) in [4.78, 5) is 0.